The monoisotopic (exact) mass is 326 g/mol. The molecular weight excluding hydrogens is 312 g/mol. The van der Waals surface area contributed by atoms with Gasteiger partial charge in [0.1, 0.15) is 0 Å². The minimum absolute atomic E-state index is 0.0121. The third kappa shape index (κ3) is 3.61. The van der Waals surface area contributed by atoms with E-state index in [1.165, 1.54) is 0 Å². The average Bonchev–Trinajstić information content (AvgIpc) is 3.03. The highest BCUT2D eigenvalue weighted by Gasteiger charge is 2.23. The van der Waals surface area contributed by atoms with Crippen LogP contribution in [-0.2, 0) is 0 Å². The van der Waals surface area contributed by atoms with Gasteiger partial charge in [-0.1, -0.05) is 23.7 Å². The smallest absolute Gasteiger partial charge is 0.253 e. The van der Waals surface area contributed by atoms with Crippen LogP contribution in [-0.4, -0.2) is 34.9 Å². The zero-order valence-corrected chi connectivity index (χ0v) is 13.1. The summed E-state index contributed by atoms with van der Waals surface area (Å²) < 4.78 is 0. The summed E-state index contributed by atoms with van der Waals surface area (Å²) in [5.41, 5.74) is 2.25. The molecule has 0 unspecified atom stereocenters. The van der Waals surface area contributed by atoms with Crippen molar-refractivity contribution in [2.75, 3.05) is 13.1 Å². The molecule has 2 heterocycles. The maximum atomic E-state index is 12.2. The van der Waals surface area contributed by atoms with Crippen LogP contribution < -0.4 is 5.32 Å². The number of aromatic nitrogens is 1. The Balaban J connectivity index is 1.66. The summed E-state index contributed by atoms with van der Waals surface area (Å²) in [6.07, 6.45) is 4.45. The summed E-state index contributed by atoms with van der Waals surface area (Å²) in [5.74, 6) is -0.162. The van der Waals surface area contributed by atoms with E-state index < -0.39 is 0 Å². The van der Waals surface area contributed by atoms with E-state index in [1.807, 2.05) is 18.2 Å². The van der Waals surface area contributed by atoms with Crippen LogP contribution in [0.1, 0.15) is 16.8 Å². The SMILES string of the molecule is N#CN1CC[C@@H](NC(=O)c2ccc(-c3ccc(Cl)cc3)nc2)C1. The number of benzene rings is 1. The number of rotatable bonds is 3. The summed E-state index contributed by atoms with van der Waals surface area (Å²) in [4.78, 5) is 18.2. The first-order valence-electron chi connectivity index (χ1n) is 7.33. The largest absolute Gasteiger partial charge is 0.347 e. The van der Waals surface area contributed by atoms with Crippen LogP contribution in [0.15, 0.2) is 42.6 Å². The minimum atomic E-state index is -0.162. The second kappa shape index (κ2) is 6.67. The van der Waals surface area contributed by atoms with E-state index in [4.69, 9.17) is 16.9 Å². The van der Waals surface area contributed by atoms with E-state index in [0.717, 1.165) is 17.7 Å². The Kier molecular flexibility index (Phi) is 4.45. The Labute approximate surface area is 139 Å². The number of hydrogen-bond acceptors (Lipinski definition) is 4. The highest BCUT2D eigenvalue weighted by Crippen LogP contribution is 2.19. The quantitative estimate of drug-likeness (QED) is 0.880. The molecule has 23 heavy (non-hydrogen) atoms. The molecule has 6 heteroatoms. The van der Waals surface area contributed by atoms with Crippen molar-refractivity contribution < 1.29 is 4.79 Å². The molecule has 0 bridgehead atoms. The number of carbonyl (C=O) groups excluding carboxylic acids is 1. The van der Waals surface area contributed by atoms with Gasteiger partial charge in [-0.05, 0) is 30.7 Å². The van der Waals surface area contributed by atoms with Crippen molar-refractivity contribution in [2.45, 2.75) is 12.5 Å². The van der Waals surface area contributed by atoms with Crippen LogP contribution in [0.5, 0.6) is 0 Å². The molecule has 0 aliphatic carbocycles. The molecule has 1 N–H and O–H groups in total. The van der Waals surface area contributed by atoms with Crippen molar-refractivity contribution in [3.05, 3.63) is 53.2 Å². The molecule has 1 aromatic heterocycles. The van der Waals surface area contributed by atoms with E-state index in [0.29, 0.717) is 23.7 Å². The van der Waals surface area contributed by atoms with Gasteiger partial charge in [-0.3, -0.25) is 9.78 Å². The van der Waals surface area contributed by atoms with Crippen molar-refractivity contribution in [3.63, 3.8) is 0 Å². The number of nitriles is 1. The molecule has 1 amide bonds. The fourth-order valence-corrected chi connectivity index (χ4v) is 2.68. The molecule has 116 valence electrons. The lowest BCUT2D eigenvalue weighted by molar-refractivity contribution is 0.0938. The summed E-state index contributed by atoms with van der Waals surface area (Å²) in [5, 5.41) is 12.4. The molecule has 3 rings (SSSR count). The first kappa shape index (κ1) is 15.3. The Morgan fingerprint density at radius 1 is 1.30 bits per heavy atom. The zero-order valence-electron chi connectivity index (χ0n) is 12.4. The zero-order chi connectivity index (χ0) is 16.2. The summed E-state index contributed by atoms with van der Waals surface area (Å²) in [6, 6.07) is 11.0. The van der Waals surface area contributed by atoms with Gasteiger partial charge < -0.3 is 10.2 Å². The number of likely N-dealkylation sites (tertiary alicyclic amines) is 1. The van der Waals surface area contributed by atoms with Crippen LogP contribution in [0.4, 0.5) is 0 Å². The lowest BCUT2D eigenvalue weighted by Gasteiger charge is -2.12. The molecule has 1 aliphatic heterocycles. The van der Waals surface area contributed by atoms with Gasteiger partial charge in [0.15, 0.2) is 6.19 Å². The van der Waals surface area contributed by atoms with Gasteiger partial charge >= 0.3 is 0 Å². The molecule has 0 radical (unpaired) electrons. The van der Waals surface area contributed by atoms with E-state index in [9.17, 15) is 4.79 Å². The molecule has 1 atom stereocenters. The normalized spacial score (nSPS) is 16.9. The van der Waals surface area contributed by atoms with E-state index in [1.54, 1.807) is 29.3 Å². The number of pyridine rings is 1. The molecule has 2 aromatic rings. The second-order valence-electron chi connectivity index (χ2n) is 5.44. The van der Waals surface area contributed by atoms with Gasteiger partial charge in [0, 0.05) is 35.9 Å². The Bertz CT molecular complexity index is 737. The van der Waals surface area contributed by atoms with Gasteiger partial charge in [0.05, 0.1) is 11.3 Å². The summed E-state index contributed by atoms with van der Waals surface area (Å²) in [6.45, 7) is 1.26. The Morgan fingerprint density at radius 3 is 2.70 bits per heavy atom. The predicted molar refractivity (Wildman–Crippen MR) is 87.7 cm³/mol. The van der Waals surface area contributed by atoms with Gasteiger partial charge in [0.2, 0.25) is 0 Å². The molecule has 5 nitrogen and oxygen atoms in total. The lowest BCUT2D eigenvalue weighted by Crippen LogP contribution is -2.36. The minimum Gasteiger partial charge on any atom is -0.347 e. The van der Waals surface area contributed by atoms with Crippen molar-refractivity contribution in [1.82, 2.24) is 15.2 Å². The molecule has 0 spiro atoms. The third-order valence-corrected chi connectivity index (χ3v) is 4.08. The number of carbonyl (C=O) groups is 1. The number of nitrogens with one attached hydrogen (secondary N) is 1. The molecule has 1 fully saturated rings. The van der Waals surface area contributed by atoms with Gasteiger partial charge in [-0.25, -0.2) is 0 Å². The highest BCUT2D eigenvalue weighted by molar-refractivity contribution is 6.30. The van der Waals surface area contributed by atoms with Crippen LogP contribution >= 0.6 is 11.6 Å². The predicted octanol–water partition coefficient (Wildman–Crippen LogP) is 2.69. The van der Waals surface area contributed by atoms with Gasteiger partial charge in [0.25, 0.3) is 5.91 Å². The number of halogens is 1. The van der Waals surface area contributed by atoms with Crippen molar-refractivity contribution in [1.29, 1.82) is 5.26 Å². The fraction of sp³-hybridized carbons (Fsp3) is 0.235. The maximum Gasteiger partial charge on any atom is 0.253 e. The van der Waals surface area contributed by atoms with E-state index in [-0.39, 0.29) is 11.9 Å². The number of amides is 1. The molecule has 1 aromatic carbocycles. The van der Waals surface area contributed by atoms with Crippen molar-refractivity contribution in [2.24, 2.45) is 0 Å². The van der Waals surface area contributed by atoms with E-state index >= 15 is 0 Å². The lowest BCUT2D eigenvalue weighted by atomic mass is 10.1. The van der Waals surface area contributed by atoms with Crippen LogP contribution in [0.25, 0.3) is 11.3 Å². The molecule has 0 saturated carbocycles. The third-order valence-electron chi connectivity index (χ3n) is 3.83. The summed E-state index contributed by atoms with van der Waals surface area (Å²) in [7, 11) is 0. The highest BCUT2D eigenvalue weighted by atomic mass is 35.5. The maximum absolute atomic E-state index is 12.2. The van der Waals surface area contributed by atoms with Gasteiger partial charge in [-0.2, -0.15) is 5.26 Å². The second-order valence-corrected chi connectivity index (χ2v) is 5.88. The first-order valence-corrected chi connectivity index (χ1v) is 7.71. The van der Waals surface area contributed by atoms with Crippen molar-refractivity contribution >= 4 is 17.5 Å². The van der Waals surface area contributed by atoms with Crippen molar-refractivity contribution in [3.8, 4) is 17.5 Å². The van der Waals surface area contributed by atoms with E-state index in [2.05, 4.69) is 16.5 Å². The molecule has 1 saturated heterocycles. The Hall–Kier alpha value is -2.58. The summed E-state index contributed by atoms with van der Waals surface area (Å²) >= 11 is 5.87. The first-order chi connectivity index (χ1) is 11.2. The van der Waals surface area contributed by atoms with Gasteiger partial charge in [-0.15, -0.1) is 0 Å². The van der Waals surface area contributed by atoms with Crippen LogP contribution in [0.3, 0.4) is 0 Å². The fourth-order valence-electron chi connectivity index (χ4n) is 2.56. The topological polar surface area (TPSA) is 69.0 Å². The standard InChI is InChI=1S/C17H15ClN4O/c18-14-4-1-12(2-5-14)16-6-3-13(9-20-16)17(23)21-15-7-8-22(10-15)11-19/h1-6,9,15H,7-8,10H2,(H,21,23)/t15-/m1/s1. The van der Waals surface area contributed by atoms with Crippen LogP contribution in [0, 0.1) is 11.5 Å². The molecule has 1 aliphatic rings. The average molecular weight is 327 g/mol. The number of hydrogen-bond donors (Lipinski definition) is 1. The number of nitrogens with zero attached hydrogens (tertiary/aromatic N) is 3. The Morgan fingerprint density at radius 2 is 2.09 bits per heavy atom. The van der Waals surface area contributed by atoms with Crippen LogP contribution in [0.2, 0.25) is 5.02 Å². The molecular formula is C17H15ClN4O.